The molecule has 2 atom stereocenters. The Morgan fingerprint density at radius 1 is 0.897 bits per heavy atom. The SMILES string of the molecule is Cn1[c](=[Pt])n(-c2cccc(Oc3ccc4c(c3)N(c3cc(C(C)(C)C)ccn3)CC3CC43)c2)c2ccccc21. The summed E-state index contributed by atoms with van der Waals surface area (Å²) < 4.78 is 12.1. The van der Waals surface area contributed by atoms with Gasteiger partial charge < -0.3 is 0 Å². The molecule has 3 aromatic carbocycles. The maximum atomic E-state index is 6.51. The van der Waals surface area contributed by atoms with E-state index in [1.165, 1.54) is 34.3 Å². The maximum absolute atomic E-state index is 6.51. The van der Waals surface area contributed by atoms with Crippen molar-refractivity contribution in [3.8, 4) is 17.2 Å². The van der Waals surface area contributed by atoms with Crippen LogP contribution in [-0.2, 0) is 31.8 Å². The van der Waals surface area contributed by atoms with Crippen LogP contribution in [0.1, 0.15) is 44.2 Å². The molecule has 7 rings (SSSR count). The number of ether oxygens (including phenoxy) is 1. The van der Waals surface area contributed by atoms with Crippen LogP contribution in [0, 0.1) is 9.72 Å². The Morgan fingerprint density at radius 3 is 2.51 bits per heavy atom. The molecule has 1 aliphatic heterocycles. The molecule has 6 heteroatoms. The monoisotopic (exact) mass is 695 g/mol. The molecule has 39 heavy (non-hydrogen) atoms. The second-order valence-electron chi connectivity index (χ2n) is 11.8. The van der Waals surface area contributed by atoms with E-state index in [0.29, 0.717) is 11.8 Å². The van der Waals surface area contributed by atoms with Crippen molar-refractivity contribution >= 4 is 22.5 Å². The molecular formula is C33H32N4OPt. The number of pyridine rings is 1. The first-order valence-corrected chi connectivity index (χ1v) is 14.7. The van der Waals surface area contributed by atoms with E-state index < -0.39 is 0 Å². The molecule has 2 aliphatic rings. The molecule has 1 fully saturated rings. The van der Waals surface area contributed by atoms with Gasteiger partial charge in [0.1, 0.15) is 0 Å². The normalized spacial score (nSPS) is 18.2. The number of benzene rings is 3. The van der Waals surface area contributed by atoms with Gasteiger partial charge in [0.15, 0.2) is 0 Å². The van der Waals surface area contributed by atoms with Crippen LogP contribution >= 0.6 is 0 Å². The van der Waals surface area contributed by atoms with Crippen molar-refractivity contribution in [3.63, 3.8) is 0 Å². The van der Waals surface area contributed by atoms with Crippen molar-refractivity contribution < 1.29 is 24.1 Å². The van der Waals surface area contributed by atoms with Gasteiger partial charge in [-0.2, -0.15) is 0 Å². The number of para-hydroxylation sites is 2. The zero-order chi connectivity index (χ0) is 26.9. The first kappa shape index (κ1) is 24.6. The zero-order valence-corrected chi connectivity index (χ0v) is 24.9. The Morgan fingerprint density at radius 2 is 1.69 bits per heavy atom. The summed E-state index contributed by atoms with van der Waals surface area (Å²) in [7, 11) is 2.11. The number of anilines is 2. The first-order chi connectivity index (χ1) is 18.8. The molecule has 0 saturated heterocycles. The van der Waals surface area contributed by atoms with E-state index in [1.807, 2.05) is 12.3 Å². The number of imidazole rings is 1. The van der Waals surface area contributed by atoms with Gasteiger partial charge in [0.2, 0.25) is 0 Å². The van der Waals surface area contributed by atoms with Gasteiger partial charge in [0.25, 0.3) is 0 Å². The number of rotatable bonds is 4. The van der Waals surface area contributed by atoms with E-state index in [2.05, 4.69) is 134 Å². The van der Waals surface area contributed by atoms with Gasteiger partial charge >= 0.3 is 197 Å². The average molecular weight is 696 g/mol. The Hall–Kier alpha value is -3.43. The van der Waals surface area contributed by atoms with E-state index in [9.17, 15) is 0 Å². The minimum absolute atomic E-state index is 0.0777. The van der Waals surface area contributed by atoms with Gasteiger partial charge in [0.05, 0.1) is 0 Å². The topological polar surface area (TPSA) is 35.2 Å². The fraction of sp³-hybridized carbons (Fsp3) is 0.273. The van der Waals surface area contributed by atoms with Crippen LogP contribution in [0.5, 0.6) is 11.5 Å². The molecule has 0 bridgehead atoms. The summed E-state index contributed by atoms with van der Waals surface area (Å²) in [5.41, 5.74) is 7.47. The first-order valence-electron chi connectivity index (χ1n) is 13.6. The quantitative estimate of drug-likeness (QED) is 0.193. The van der Waals surface area contributed by atoms with Crippen molar-refractivity contribution in [2.45, 2.75) is 38.5 Å². The Bertz CT molecular complexity index is 1790. The molecule has 5 aromatic rings. The third kappa shape index (κ3) is 4.28. The summed E-state index contributed by atoms with van der Waals surface area (Å²) >= 11 is 2.40. The third-order valence-electron chi connectivity index (χ3n) is 8.14. The molecule has 0 amide bonds. The number of aryl methyl sites for hydroxylation is 1. The van der Waals surface area contributed by atoms with Gasteiger partial charge in [-0.1, -0.05) is 20.8 Å². The van der Waals surface area contributed by atoms with Crippen molar-refractivity contribution in [1.29, 1.82) is 0 Å². The molecule has 2 unspecified atom stereocenters. The molecule has 200 valence electrons. The Balaban J connectivity index is 1.24. The van der Waals surface area contributed by atoms with Gasteiger partial charge in [-0.3, -0.25) is 0 Å². The molecule has 0 N–H and O–H groups in total. The molecule has 1 saturated carbocycles. The summed E-state index contributed by atoms with van der Waals surface area (Å²) in [6.07, 6.45) is 3.21. The molecule has 2 aromatic heterocycles. The summed E-state index contributed by atoms with van der Waals surface area (Å²) in [6, 6.07) is 27.8. The predicted octanol–water partition coefficient (Wildman–Crippen LogP) is 7.79. The van der Waals surface area contributed by atoms with Gasteiger partial charge in [-0.15, -0.1) is 0 Å². The minimum atomic E-state index is 0.0777. The number of hydrogen-bond acceptors (Lipinski definition) is 3. The second kappa shape index (κ2) is 9.06. The van der Waals surface area contributed by atoms with E-state index in [-0.39, 0.29) is 5.41 Å². The molecule has 0 spiro atoms. The fourth-order valence-electron chi connectivity index (χ4n) is 5.88. The van der Waals surface area contributed by atoms with Gasteiger partial charge in [0, 0.05) is 6.20 Å². The Labute approximate surface area is 240 Å². The third-order valence-corrected chi connectivity index (χ3v) is 9.41. The van der Waals surface area contributed by atoms with Crippen molar-refractivity contribution in [2.24, 2.45) is 13.0 Å². The van der Waals surface area contributed by atoms with Crippen molar-refractivity contribution in [3.05, 3.63) is 100.0 Å². The van der Waals surface area contributed by atoms with Crippen molar-refractivity contribution in [2.75, 3.05) is 11.4 Å². The van der Waals surface area contributed by atoms with Gasteiger partial charge in [-0.05, 0) is 17.0 Å². The Kier molecular flexibility index (Phi) is 5.71. The van der Waals surface area contributed by atoms with E-state index in [0.717, 1.165) is 33.4 Å². The molecule has 5 nitrogen and oxygen atoms in total. The average Bonchev–Trinajstić information content (AvgIpc) is 3.67. The molecular weight excluding hydrogens is 663 g/mol. The summed E-state index contributed by atoms with van der Waals surface area (Å²) in [6.45, 7) is 7.77. The van der Waals surface area contributed by atoms with Crippen LogP contribution < -0.4 is 9.64 Å². The van der Waals surface area contributed by atoms with E-state index >= 15 is 0 Å². The van der Waals surface area contributed by atoms with E-state index in [4.69, 9.17) is 9.72 Å². The van der Waals surface area contributed by atoms with Gasteiger partial charge in [-0.25, -0.2) is 0 Å². The van der Waals surface area contributed by atoms with Crippen LogP contribution in [0.2, 0.25) is 0 Å². The van der Waals surface area contributed by atoms with E-state index in [1.54, 1.807) is 0 Å². The van der Waals surface area contributed by atoms with Crippen molar-refractivity contribution in [1.82, 2.24) is 14.1 Å². The van der Waals surface area contributed by atoms with Crippen LogP contribution in [0.3, 0.4) is 0 Å². The summed E-state index contributed by atoms with van der Waals surface area (Å²) in [4.78, 5) is 7.20. The molecule has 3 heterocycles. The predicted molar refractivity (Wildman–Crippen MR) is 153 cm³/mol. The van der Waals surface area contributed by atoms with Crippen LogP contribution in [0.25, 0.3) is 16.7 Å². The number of aromatic nitrogens is 3. The number of fused-ring (bicyclic) bond motifs is 4. The van der Waals surface area contributed by atoms with Crippen LogP contribution in [0.4, 0.5) is 11.5 Å². The number of hydrogen-bond donors (Lipinski definition) is 0. The molecule has 0 radical (unpaired) electrons. The summed E-state index contributed by atoms with van der Waals surface area (Å²) in [5.74, 6) is 4.06. The standard InChI is InChI=1S/C33H32N4O.Pt/c1-33(2,3)23-14-15-34-32(17-23)36-20-22-16-28(22)27-13-12-26(19-31(27)36)38-25-9-7-8-24(18-25)37-21-35(4)29-10-5-6-11-30(29)37;/h5-15,17-19,22,28H,16,20H2,1-4H3;. The van der Waals surface area contributed by atoms with Crippen LogP contribution in [-0.4, -0.2) is 20.7 Å². The summed E-state index contributed by atoms with van der Waals surface area (Å²) in [5, 5.41) is 0. The zero-order valence-electron chi connectivity index (χ0n) is 22.7. The molecule has 1 aliphatic carbocycles. The number of nitrogens with zero attached hydrogens (tertiary/aromatic N) is 4. The van der Waals surface area contributed by atoms with Crippen LogP contribution in [0.15, 0.2) is 85.1 Å². The second-order valence-corrected chi connectivity index (χ2v) is 12.8. The fourth-order valence-corrected chi connectivity index (χ4v) is 6.72.